The average Bonchev–Trinajstić information content (AvgIpc) is 3.02. The summed E-state index contributed by atoms with van der Waals surface area (Å²) in [6.45, 7) is 0. The molecule has 0 N–H and O–H groups in total. The van der Waals surface area contributed by atoms with E-state index < -0.39 is 0 Å². The topological polar surface area (TPSA) is 0 Å². The molecule has 3 fully saturated rings. The largest absolute Gasteiger partial charge is 0.133 e. The summed E-state index contributed by atoms with van der Waals surface area (Å²) in [6.07, 6.45) is 7.33. The number of hydrogen-bond acceptors (Lipinski definition) is 0. The van der Waals surface area contributed by atoms with Gasteiger partial charge in [0.05, 0.1) is 5.02 Å². The Morgan fingerprint density at radius 3 is 2.65 bits per heavy atom. The first kappa shape index (κ1) is 10.3. The van der Waals surface area contributed by atoms with Crippen molar-refractivity contribution in [3.8, 4) is 0 Å². The molecule has 0 heterocycles. The first-order valence-electron chi connectivity index (χ1n) is 6.94. The highest BCUT2D eigenvalue weighted by molar-refractivity contribution is 6.30. The van der Waals surface area contributed by atoms with Crippen molar-refractivity contribution >= 4 is 11.6 Å². The molecule has 88 valence electrons. The monoisotopic (exact) mass is 245 g/mol. The van der Waals surface area contributed by atoms with Crippen LogP contribution in [0.25, 0.3) is 0 Å². The van der Waals surface area contributed by atoms with E-state index in [4.69, 9.17) is 11.6 Å². The van der Waals surface area contributed by atoms with Crippen LogP contribution in [-0.2, 0) is 0 Å². The minimum absolute atomic E-state index is 0.858. The molecule has 0 aliphatic heterocycles. The minimum atomic E-state index is 0.858. The van der Waals surface area contributed by atoms with Crippen LogP contribution in [0.3, 0.4) is 0 Å². The lowest BCUT2D eigenvalue weighted by Gasteiger charge is -2.27. The summed E-state index contributed by atoms with van der Waals surface area (Å²) in [5, 5.41) is 0.858. The van der Waals surface area contributed by atoms with Gasteiger partial charge in [0.25, 0.3) is 0 Å². The van der Waals surface area contributed by atoms with E-state index in [0.29, 0.717) is 0 Å². The Bertz CT molecular complexity index is 422. The van der Waals surface area contributed by atoms with Crippen molar-refractivity contribution in [1.82, 2.24) is 0 Å². The Morgan fingerprint density at radius 2 is 1.82 bits per heavy atom. The fourth-order valence-electron chi connectivity index (χ4n) is 4.84. The van der Waals surface area contributed by atoms with Crippen LogP contribution in [0.1, 0.15) is 37.7 Å². The Kier molecular flexibility index (Phi) is 2.24. The van der Waals surface area contributed by atoms with Gasteiger partial charge in [-0.05, 0) is 37.0 Å². The lowest BCUT2D eigenvalue weighted by atomic mass is 9.73. The van der Waals surface area contributed by atoms with Crippen LogP contribution < -0.4 is 0 Å². The van der Waals surface area contributed by atoms with Gasteiger partial charge in [0.15, 0.2) is 0 Å². The van der Waals surface area contributed by atoms with Gasteiger partial charge in [-0.25, -0.2) is 0 Å². The number of hydrogen-bond donors (Lipinski definition) is 0. The molecule has 2 bridgehead atoms. The van der Waals surface area contributed by atoms with Crippen molar-refractivity contribution < 1.29 is 0 Å². The molecule has 0 nitrogen and oxygen atoms in total. The maximum atomic E-state index is 5.98. The van der Waals surface area contributed by atoms with E-state index in [1.165, 1.54) is 37.7 Å². The van der Waals surface area contributed by atoms with Crippen molar-refractivity contribution in [2.75, 3.05) is 0 Å². The fourth-order valence-corrected chi connectivity index (χ4v) is 4.97. The zero-order valence-electron chi connectivity index (χ0n) is 10.0. The molecule has 4 rings (SSSR count). The fraction of sp³-hybridized carbons (Fsp3) is 0.562. The molecular formula is C16H18Cl+. The Balaban J connectivity index is 1.63. The minimum Gasteiger partial charge on any atom is -0.0818 e. The first-order valence-corrected chi connectivity index (χ1v) is 7.32. The Labute approximate surface area is 108 Å². The normalized spacial score (nSPS) is 38.8. The first-order chi connectivity index (χ1) is 8.33. The third kappa shape index (κ3) is 1.46. The van der Waals surface area contributed by atoms with Crippen LogP contribution in [0, 0.1) is 29.6 Å². The second kappa shape index (κ2) is 3.68. The second-order valence-electron chi connectivity index (χ2n) is 6.10. The zero-order valence-corrected chi connectivity index (χ0v) is 10.8. The van der Waals surface area contributed by atoms with Crippen molar-refractivity contribution in [3.63, 3.8) is 0 Å². The van der Waals surface area contributed by atoms with Crippen molar-refractivity contribution in [1.29, 1.82) is 0 Å². The summed E-state index contributed by atoms with van der Waals surface area (Å²) in [5.41, 5.74) is 1.47. The standard InChI is InChI=1S/C16H18Cl/c17-12-6-4-10(5-7-12)15-8-11-9-16(15)14-3-1-2-13(11)14/h4-7,11,13-14,16H,1-3,8-9H2/q+1/t11-,13-,14-,16+/m1/s1. The van der Waals surface area contributed by atoms with Gasteiger partial charge in [0.2, 0.25) is 0 Å². The Morgan fingerprint density at radius 1 is 1.06 bits per heavy atom. The lowest BCUT2D eigenvalue weighted by molar-refractivity contribution is 0.285. The van der Waals surface area contributed by atoms with Crippen LogP contribution in [-0.4, -0.2) is 0 Å². The number of halogens is 1. The maximum absolute atomic E-state index is 5.98. The van der Waals surface area contributed by atoms with Gasteiger partial charge in [-0.15, -0.1) is 0 Å². The summed E-state index contributed by atoms with van der Waals surface area (Å²) < 4.78 is 0. The molecule has 0 amide bonds. The predicted octanol–water partition coefficient (Wildman–Crippen LogP) is 4.72. The molecule has 0 radical (unpaired) electrons. The smallest absolute Gasteiger partial charge is 0.0818 e. The third-order valence-electron chi connectivity index (χ3n) is 5.45. The number of rotatable bonds is 1. The number of fused-ring (bicyclic) bond motifs is 5. The van der Waals surface area contributed by atoms with Crippen LogP contribution in [0.4, 0.5) is 0 Å². The summed E-state index contributed by atoms with van der Waals surface area (Å²) in [4.78, 5) is 0. The van der Waals surface area contributed by atoms with E-state index >= 15 is 0 Å². The van der Waals surface area contributed by atoms with Gasteiger partial charge in [0.1, 0.15) is 5.56 Å². The van der Waals surface area contributed by atoms with Crippen LogP contribution in [0.5, 0.6) is 0 Å². The lowest BCUT2D eigenvalue weighted by Crippen LogP contribution is -2.23. The molecule has 3 saturated carbocycles. The quantitative estimate of drug-likeness (QED) is 0.628. The van der Waals surface area contributed by atoms with E-state index in [1.54, 1.807) is 5.92 Å². The molecule has 0 saturated heterocycles. The van der Waals surface area contributed by atoms with Crippen LogP contribution >= 0.6 is 11.6 Å². The molecular weight excluding hydrogens is 228 g/mol. The molecule has 0 spiro atoms. The van der Waals surface area contributed by atoms with E-state index in [2.05, 4.69) is 12.1 Å². The van der Waals surface area contributed by atoms with Gasteiger partial charge in [0, 0.05) is 42.5 Å². The Hall–Kier alpha value is -0.620. The molecule has 3 aliphatic carbocycles. The second-order valence-corrected chi connectivity index (χ2v) is 6.53. The van der Waals surface area contributed by atoms with E-state index in [-0.39, 0.29) is 0 Å². The van der Waals surface area contributed by atoms with Crippen molar-refractivity contribution in [2.24, 2.45) is 23.7 Å². The van der Waals surface area contributed by atoms with E-state index in [1.807, 2.05) is 12.1 Å². The third-order valence-corrected chi connectivity index (χ3v) is 5.70. The molecule has 1 aromatic carbocycles. The molecule has 0 aromatic heterocycles. The average molecular weight is 246 g/mol. The predicted molar refractivity (Wildman–Crippen MR) is 70.8 cm³/mol. The summed E-state index contributed by atoms with van der Waals surface area (Å²) in [7, 11) is 0. The van der Waals surface area contributed by atoms with Crippen LogP contribution in [0.2, 0.25) is 5.02 Å². The molecule has 0 unspecified atom stereocenters. The molecule has 17 heavy (non-hydrogen) atoms. The number of benzene rings is 1. The maximum Gasteiger partial charge on any atom is 0.133 e. The summed E-state index contributed by atoms with van der Waals surface area (Å²) in [6, 6.07) is 8.54. The van der Waals surface area contributed by atoms with Gasteiger partial charge in [-0.2, -0.15) is 0 Å². The summed E-state index contributed by atoms with van der Waals surface area (Å²) in [5.74, 6) is 5.78. The van der Waals surface area contributed by atoms with Gasteiger partial charge >= 0.3 is 0 Å². The summed E-state index contributed by atoms with van der Waals surface area (Å²) >= 11 is 5.98. The highest BCUT2D eigenvalue weighted by atomic mass is 35.5. The molecule has 1 aromatic rings. The molecule has 1 heteroatoms. The SMILES string of the molecule is Clc1ccc([C+]2C[C@@H]3C[C@H]2[C@@H]2CCC[C@H]32)cc1. The van der Waals surface area contributed by atoms with Gasteiger partial charge in [-0.1, -0.05) is 18.0 Å². The zero-order chi connectivity index (χ0) is 11.4. The van der Waals surface area contributed by atoms with E-state index in [0.717, 1.165) is 28.7 Å². The van der Waals surface area contributed by atoms with Crippen LogP contribution in [0.15, 0.2) is 24.3 Å². The molecule has 3 aliphatic rings. The highest BCUT2D eigenvalue weighted by Crippen LogP contribution is 2.63. The van der Waals surface area contributed by atoms with Gasteiger partial charge < -0.3 is 0 Å². The van der Waals surface area contributed by atoms with E-state index in [9.17, 15) is 0 Å². The van der Waals surface area contributed by atoms with Crippen molar-refractivity contribution in [3.05, 3.63) is 40.8 Å². The highest BCUT2D eigenvalue weighted by Gasteiger charge is 2.57. The van der Waals surface area contributed by atoms with Gasteiger partial charge in [-0.3, -0.25) is 0 Å². The van der Waals surface area contributed by atoms with Crippen molar-refractivity contribution in [2.45, 2.75) is 32.1 Å². The molecule has 4 atom stereocenters.